The van der Waals surface area contributed by atoms with Crippen LogP contribution in [0, 0.1) is 0 Å². The summed E-state index contributed by atoms with van der Waals surface area (Å²) in [4.78, 5) is 18.2. The van der Waals surface area contributed by atoms with Crippen LogP contribution in [-0.2, 0) is 11.2 Å². The van der Waals surface area contributed by atoms with Gasteiger partial charge in [-0.25, -0.2) is 4.98 Å². The van der Waals surface area contributed by atoms with E-state index in [0.717, 1.165) is 49.1 Å². The summed E-state index contributed by atoms with van der Waals surface area (Å²) in [5.74, 6) is 1.71. The van der Waals surface area contributed by atoms with Crippen molar-refractivity contribution < 1.29 is 4.74 Å². The zero-order valence-corrected chi connectivity index (χ0v) is 16.2. The number of ether oxygens (including phenoxy) is 1. The summed E-state index contributed by atoms with van der Waals surface area (Å²) in [5.41, 5.74) is 3.32. The monoisotopic (exact) mass is 375 g/mol. The Labute approximate surface area is 165 Å². The molecule has 4 rings (SSSR count). The second-order valence-electron chi connectivity index (χ2n) is 6.90. The number of anilines is 2. The predicted molar refractivity (Wildman–Crippen MR) is 112 cm³/mol. The maximum atomic E-state index is 5.49. The first-order chi connectivity index (χ1) is 13.8. The van der Waals surface area contributed by atoms with E-state index in [2.05, 4.69) is 52.2 Å². The lowest BCUT2D eigenvalue weighted by molar-refractivity contribution is 0.122. The van der Waals surface area contributed by atoms with Crippen molar-refractivity contribution in [2.45, 2.75) is 6.42 Å². The molecule has 1 aromatic carbocycles. The fourth-order valence-electron chi connectivity index (χ4n) is 3.24. The van der Waals surface area contributed by atoms with Crippen LogP contribution in [-0.4, -0.2) is 54.8 Å². The molecule has 1 aliphatic heterocycles. The molecule has 0 saturated carbocycles. The minimum absolute atomic E-state index is 0.714. The zero-order valence-electron chi connectivity index (χ0n) is 16.2. The highest BCUT2D eigenvalue weighted by atomic mass is 16.5. The van der Waals surface area contributed by atoms with Gasteiger partial charge >= 0.3 is 0 Å². The topological polar surface area (TPSA) is 54.4 Å². The Hall–Kier alpha value is -2.99. The summed E-state index contributed by atoms with van der Waals surface area (Å²) in [7, 11) is 2.08. The van der Waals surface area contributed by atoms with E-state index in [1.807, 2.05) is 30.6 Å². The Morgan fingerprint density at radius 2 is 1.75 bits per heavy atom. The number of pyridine rings is 1. The summed E-state index contributed by atoms with van der Waals surface area (Å²) in [6.45, 7) is 3.94. The largest absolute Gasteiger partial charge is 0.378 e. The van der Waals surface area contributed by atoms with Gasteiger partial charge in [0.1, 0.15) is 5.82 Å². The van der Waals surface area contributed by atoms with Crippen LogP contribution in [0.5, 0.6) is 0 Å². The molecule has 3 heterocycles. The molecule has 0 atom stereocenters. The number of morpholine rings is 1. The normalized spacial score (nSPS) is 14.1. The molecule has 6 nitrogen and oxygen atoms in total. The van der Waals surface area contributed by atoms with Crippen molar-refractivity contribution in [2.24, 2.45) is 0 Å². The van der Waals surface area contributed by atoms with Gasteiger partial charge in [-0.1, -0.05) is 30.3 Å². The van der Waals surface area contributed by atoms with Crippen molar-refractivity contribution in [2.75, 3.05) is 49.7 Å². The molecular weight excluding hydrogens is 350 g/mol. The molecular formula is C22H25N5O. The summed E-state index contributed by atoms with van der Waals surface area (Å²) >= 11 is 0. The molecule has 0 amide bonds. The standard InChI is InChI=1S/C22H25N5O/c1-26(12-9-18-7-10-23-11-8-18)21-17-20(19-5-3-2-4-6-19)24-22(25-21)27-13-15-28-16-14-27/h2-8,10-11,17H,9,12-16H2,1H3. The molecule has 0 N–H and O–H groups in total. The van der Waals surface area contributed by atoms with Gasteiger partial charge in [0.15, 0.2) is 0 Å². The summed E-state index contributed by atoms with van der Waals surface area (Å²) in [6.07, 6.45) is 4.62. The summed E-state index contributed by atoms with van der Waals surface area (Å²) < 4.78 is 5.49. The number of hydrogen-bond acceptors (Lipinski definition) is 6. The summed E-state index contributed by atoms with van der Waals surface area (Å²) in [6, 6.07) is 16.5. The Bertz CT molecular complexity index is 882. The van der Waals surface area contributed by atoms with Gasteiger partial charge in [0.2, 0.25) is 5.95 Å². The highest BCUT2D eigenvalue weighted by molar-refractivity contribution is 5.65. The number of likely N-dealkylation sites (N-methyl/N-ethyl adjacent to an activating group) is 1. The smallest absolute Gasteiger partial charge is 0.228 e. The first kappa shape index (κ1) is 18.4. The lowest BCUT2D eigenvalue weighted by Gasteiger charge is -2.28. The number of rotatable bonds is 6. The molecule has 1 fully saturated rings. The average molecular weight is 375 g/mol. The van der Waals surface area contributed by atoms with Crippen molar-refractivity contribution in [3.8, 4) is 11.3 Å². The van der Waals surface area contributed by atoms with Crippen LogP contribution in [0.2, 0.25) is 0 Å². The minimum atomic E-state index is 0.714. The Kier molecular flexibility index (Phi) is 5.77. The molecule has 144 valence electrons. The van der Waals surface area contributed by atoms with Gasteiger partial charge in [-0.05, 0) is 24.1 Å². The Morgan fingerprint density at radius 3 is 2.50 bits per heavy atom. The maximum Gasteiger partial charge on any atom is 0.228 e. The molecule has 3 aromatic rings. The van der Waals surface area contributed by atoms with E-state index in [1.54, 1.807) is 0 Å². The lowest BCUT2D eigenvalue weighted by Crippen LogP contribution is -2.37. The van der Waals surface area contributed by atoms with E-state index in [-0.39, 0.29) is 0 Å². The Morgan fingerprint density at radius 1 is 1.00 bits per heavy atom. The van der Waals surface area contributed by atoms with Crippen LogP contribution >= 0.6 is 0 Å². The van der Waals surface area contributed by atoms with Gasteiger partial charge in [0, 0.05) is 50.7 Å². The number of aromatic nitrogens is 3. The van der Waals surface area contributed by atoms with Gasteiger partial charge in [-0.3, -0.25) is 4.98 Å². The molecule has 0 unspecified atom stereocenters. The first-order valence-electron chi connectivity index (χ1n) is 9.67. The van der Waals surface area contributed by atoms with Crippen molar-refractivity contribution in [1.29, 1.82) is 0 Å². The molecule has 1 saturated heterocycles. The third-order valence-corrected chi connectivity index (χ3v) is 4.94. The molecule has 1 aliphatic rings. The third-order valence-electron chi connectivity index (χ3n) is 4.94. The van der Waals surface area contributed by atoms with Crippen molar-refractivity contribution >= 4 is 11.8 Å². The van der Waals surface area contributed by atoms with Crippen LogP contribution < -0.4 is 9.80 Å². The van der Waals surface area contributed by atoms with Crippen molar-refractivity contribution in [1.82, 2.24) is 15.0 Å². The van der Waals surface area contributed by atoms with Gasteiger partial charge in [-0.15, -0.1) is 0 Å². The molecule has 6 heteroatoms. The number of benzene rings is 1. The zero-order chi connectivity index (χ0) is 19.2. The van der Waals surface area contributed by atoms with Crippen LogP contribution in [0.15, 0.2) is 60.9 Å². The fraction of sp³-hybridized carbons (Fsp3) is 0.318. The van der Waals surface area contributed by atoms with E-state index in [0.29, 0.717) is 13.2 Å². The third kappa shape index (κ3) is 4.46. The predicted octanol–water partition coefficient (Wildman–Crippen LogP) is 3.05. The maximum absolute atomic E-state index is 5.49. The van der Waals surface area contributed by atoms with Crippen LogP contribution in [0.1, 0.15) is 5.56 Å². The number of nitrogens with zero attached hydrogens (tertiary/aromatic N) is 5. The van der Waals surface area contributed by atoms with Gasteiger partial charge in [-0.2, -0.15) is 4.98 Å². The van der Waals surface area contributed by atoms with E-state index >= 15 is 0 Å². The second-order valence-corrected chi connectivity index (χ2v) is 6.90. The van der Waals surface area contributed by atoms with E-state index in [1.165, 1.54) is 5.56 Å². The van der Waals surface area contributed by atoms with Gasteiger partial charge in [0.05, 0.1) is 18.9 Å². The Balaban J connectivity index is 1.61. The first-order valence-corrected chi connectivity index (χ1v) is 9.67. The van der Waals surface area contributed by atoms with E-state index < -0.39 is 0 Å². The fourth-order valence-corrected chi connectivity index (χ4v) is 3.24. The molecule has 0 bridgehead atoms. The number of hydrogen-bond donors (Lipinski definition) is 0. The van der Waals surface area contributed by atoms with Crippen molar-refractivity contribution in [3.05, 3.63) is 66.5 Å². The molecule has 0 aliphatic carbocycles. The molecule has 0 spiro atoms. The van der Waals surface area contributed by atoms with E-state index in [9.17, 15) is 0 Å². The minimum Gasteiger partial charge on any atom is -0.378 e. The second kappa shape index (κ2) is 8.80. The molecule has 28 heavy (non-hydrogen) atoms. The van der Waals surface area contributed by atoms with Gasteiger partial charge < -0.3 is 14.5 Å². The SMILES string of the molecule is CN(CCc1ccncc1)c1cc(-c2ccccc2)nc(N2CCOCC2)n1. The van der Waals surface area contributed by atoms with Gasteiger partial charge in [0.25, 0.3) is 0 Å². The molecule has 2 aromatic heterocycles. The highest BCUT2D eigenvalue weighted by Crippen LogP contribution is 2.25. The van der Waals surface area contributed by atoms with E-state index in [4.69, 9.17) is 14.7 Å². The van der Waals surface area contributed by atoms with Crippen LogP contribution in [0.25, 0.3) is 11.3 Å². The quantitative estimate of drug-likeness (QED) is 0.660. The van der Waals surface area contributed by atoms with Crippen molar-refractivity contribution in [3.63, 3.8) is 0 Å². The highest BCUT2D eigenvalue weighted by Gasteiger charge is 2.17. The molecule has 0 radical (unpaired) electrons. The van der Waals surface area contributed by atoms with Crippen LogP contribution in [0.4, 0.5) is 11.8 Å². The van der Waals surface area contributed by atoms with Crippen LogP contribution in [0.3, 0.4) is 0 Å². The average Bonchev–Trinajstić information content (AvgIpc) is 2.79. The summed E-state index contributed by atoms with van der Waals surface area (Å²) in [5, 5.41) is 0. The lowest BCUT2D eigenvalue weighted by atomic mass is 10.1.